The molecule has 188 valence electrons. The molecule has 0 radical (unpaired) electrons. The van der Waals surface area contributed by atoms with Crippen molar-refractivity contribution < 1.29 is 14.0 Å². The van der Waals surface area contributed by atoms with E-state index in [-0.39, 0.29) is 17.7 Å². The second-order valence-electron chi connectivity index (χ2n) is 9.90. The number of furan rings is 1. The molecule has 10 heteroatoms. The Morgan fingerprint density at radius 1 is 1.11 bits per heavy atom. The van der Waals surface area contributed by atoms with Gasteiger partial charge < -0.3 is 15.1 Å². The molecule has 2 amide bonds. The normalized spacial score (nSPS) is 16.9. The van der Waals surface area contributed by atoms with Gasteiger partial charge in [-0.15, -0.1) is 10.2 Å². The topological polar surface area (TPSA) is 126 Å². The number of carbonyl (C=O) groups is 2. The van der Waals surface area contributed by atoms with Gasteiger partial charge in [0.15, 0.2) is 5.82 Å². The zero-order chi connectivity index (χ0) is 25.3. The number of nitrogens with one attached hydrogen (secondary N) is 3. The smallest absolute Gasteiger partial charge is 0.246 e. The molecule has 0 spiro atoms. The molecule has 2 atom stereocenters. The third-order valence-corrected chi connectivity index (χ3v) is 7.85. The van der Waals surface area contributed by atoms with Crippen molar-refractivity contribution in [3.8, 4) is 0 Å². The molecule has 9 nitrogen and oxygen atoms in total. The molecule has 3 N–H and O–H groups in total. The summed E-state index contributed by atoms with van der Waals surface area (Å²) in [6, 6.07) is 13.4. The molecule has 2 aromatic carbocycles. The highest BCUT2D eigenvalue weighted by Gasteiger charge is 2.44. The Kier molecular flexibility index (Phi) is 6.70. The summed E-state index contributed by atoms with van der Waals surface area (Å²) >= 11 is 4.45. The van der Waals surface area contributed by atoms with Crippen molar-refractivity contribution in [3.05, 3.63) is 53.9 Å². The minimum atomic E-state index is -0.975. The minimum Gasteiger partial charge on any atom is -0.456 e. The molecule has 1 fully saturated rings. The van der Waals surface area contributed by atoms with Gasteiger partial charge in [0, 0.05) is 17.2 Å². The first-order chi connectivity index (χ1) is 17.4. The summed E-state index contributed by atoms with van der Waals surface area (Å²) in [7, 11) is 0. The number of carbonyl (C=O) groups excluding carboxylic acids is 2. The van der Waals surface area contributed by atoms with Gasteiger partial charge in [-0.2, -0.15) is 17.8 Å². The summed E-state index contributed by atoms with van der Waals surface area (Å²) in [5.74, 6) is -0.0362. The second kappa shape index (κ2) is 9.93. The predicted octanol–water partition coefficient (Wildman–Crippen LogP) is 3.88. The number of hydrogen-bond acceptors (Lipinski definition) is 7. The van der Waals surface area contributed by atoms with E-state index in [0.717, 1.165) is 40.3 Å². The van der Waals surface area contributed by atoms with Gasteiger partial charge in [-0.25, -0.2) is 0 Å². The van der Waals surface area contributed by atoms with Crippen LogP contribution in [0.4, 0.5) is 0 Å². The molecule has 2 heterocycles. The van der Waals surface area contributed by atoms with Crippen molar-refractivity contribution in [1.82, 2.24) is 31.3 Å². The van der Waals surface area contributed by atoms with Gasteiger partial charge in [0.05, 0.1) is 11.3 Å². The summed E-state index contributed by atoms with van der Waals surface area (Å²) in [6.45, 7) is 3.87. The molecule has 1 aliphatic carbocycles. The second-order valence-corrected chi connectivity index (χ2v) is 10.5. The molecule has 5 rings (SSSR count). The van der Waals surface area contributed by atoms with Crippen molar-refractivity contribution in [2.45, 2.75) is 62.8 Å². The molecular weight excluding hydrogens is 476 g/mol. The summed E-state index contributed by atoms with van der Waals surface area (Å²) in [5.41, 5.74) is 1.59. The monoisotopic (exact) mass is 506 g/mol. The lowest BCUT2D eigenvalue weighted by Gasteiger charge is -2.32. The Bertz CT molecular complexity index is 1380. The van der Waals surface area contributed by atoms with Crippen LogP contribution in [0.3, 0.4) is 0 Å². The Hall–Kier alpha value is -3.40. The van der Waals surface area contributed by atoms with E-state index in [1.54, 1.807) is 0 Å². The van der Waals surface area contributed by atoms with Gasteiger partial charge in [-0.3, -0.25) is 9.59 Å². The van der Waals surface area contributed by atoms with Crippen LogP contribution in [0, 0.1) is 5.92 Å². The van der Waals surface area contributed by atoms with Crippen LogP contribution < -0.4 is 10.6 Å². The van der Waals surface area contributed by atoms with E-state index in [1.807, 2.05) is 56.3 Å². The molecule has 36 heavy (non-hydrogen) atoms. The van der Waals surface area contributed by atoms with E-state index in [1.165, 1.54) is 0 Å². The van der Waals surface area contributed by atoms with Crippen LogP contribution in [0.5, 0.6) is 0 Å². The van der Waals surface area contributed by atoms with Crippen LogP contribution in [0.15, 0.2) is 46.9 Å². The Morgan fingerprint density at radius 2 is 1.86 bits per heavy atom. The Balaban J connectivity index is 1.40. The van der Waals surface area contributed by atoms with E-state index in [4.69, 9.17) is 4.42 Å². The van der Waals surface area contributed by atoms with Crippen molar-refractivity contribution >= 4 is 46.4 Å². The molecule has 0 bridgehead atoms. The lowest BCUT2D eigenvalue weighted by Crippen LogP contribution is -2.59. The molecule has 4 aromatic rings. The van der Waals surface area contributed by atoms with Crippen LogP contribution in [0.25, 0.3) is 21.9 Å². The fourth-order valence-electron chi connectivity index (χ4n) is 4.95. The van der Waals surface area contributed by atoms with Gasteiger partial charge >= 0.3 is 0 Å². The lowest BCUT2D eigenvalue weighted by atomic mass is 9.94. The van der Waals surface area contributed by atoms with Crippen molar-refractivity contribution in [2.75, 3.05) is 0 Å². The number of H-pyrrole nitrogens is 1. The third kappa shape index (κ3) is 4.69. The van der Waals surface area contributed by atoms with E-state index in [0.29, 0.717) is 25.1 Å². The van der Waals surface area contributed by atoms with Gasteiger partial charge in [0.1, 0.15) is 16.7 Å². The van der Waals surface area contributed by atoms with Crippen LogP contribution in [0.1, 0.15) is 57.0 Å². The van der Waals surface area contributed by atoms with Crippen LogP contribution >= 0.6 is 12.6 Å². The Labute approximate surface area is 214 Å². The highest BCUT2D eigenvalue weighted by atomic mass is 32.1. The van der Waals surface area contributed by atoms with Crippen LogP contribution in [-0.2, 0) is 16.0 Å². The highest BCUT2D eigenvalue weighted by molar-refractivity contribution is 7.81. The fourth-order valence-corrected chi connectivity index (χ4v) is 5.02. The lowest BCUT2D eigenvalue weighted by molar-refractivity contribution is -0.134. The van der Waals surface area contributed by atoms with Crippen molar-refractivity contribution in [1.29, 1.82) is 0 Å². The number of amides is 2. The number of hydrogen-bond donors (Lipinski definition) is 4. The van der Waals surface area contributed by atoms with Crippen molar-refractivity contribution in [2.24, 2.45) is 5.92 Å². The molecule has 0 aliphatic heterocycles. The number of para-hydroxylation sites is 1. The van der Waals surface area contributed by atoms with Gasteiger partial charge in [0.25, 0.3) is 0 Å². The number of aromatic amines is 1. The first-order valence-electron chi connectivity index (χ1n) is 12.3. The maximum absolute atomic E-state index is 13.7. The summed E-state index contributed by atoms with van der Waals surface area (Å²) in [5, 5.41) is 22.2. The first-order valence-corrected chi connectivity index (χ1v) is 12.8. The van der Waals surface area contributed by atoms with Gasteiger partial charge in [-0.1, -0.05) is 62.2 Å². The van der Waals surface area contributed by atoms with E-state index in [9.17, 15) is 9.59 Å². The summed E-state index contributed by atoms with van der Waals surface area (Å²) in [6.07, 6.45) is 3.31. The molecule has 1 saturated carbocycles. The number of rotatable bonds is 8. The molecule has 1 unspecified atom stereocenters. The largest absolute Gasteiger partial charge is 0.456 e. The number of tetrazole rings is 1. The maximum atomic E-state index is 13.7. The standard InChI is InChI=1S/C26H30N6O3S/c1-15(2)22(36)24(33)28-26(11-5-6-12-26)25(34)27-19(23-29-31-32-30-23)13-16-9-10-18-17-7-3-4-8-20(17)35-21(18)14-16/h3-4,7-10,14-15,19,22,36H,5-6,11-13H2,1-2H3,(H,27,34)(H,28,33)(H,29,30,31,32)/t19?,22-/m0/s1. The number of aromatic nitrogens is 4. The molecule has 0 saturated heterocycles. The third-order valence-electron chi connectivity index (χ3n) is 7.02. The highest BCUT2D eigenvalue weighted by Crippen LogP contribution is 2.33. The summed E-state index contributed by atoms with van der Waals surface area (Å²) < 4.78 is 6.04. The van der Waals surface area contributed by atoms with Crippen LogP contribution in [-0.4, -0.2) is 43.2 Å². The van der Waals surface area contributed by atoms with Gasteiger partial charge in [0.2, 0.25) is 11.8 Å². The molecule has 2 aromatic heterocycles. The van der Waals surface area contributed by atoms with Crippen molar-refractivity contribution in [3.63, 3.8) is 0 Å². The SMILES string of the molecule is CC(C)[C@H](S)C(=O)NC1(C(=O)NC(Cc2ccc3c(c2)oc2ccccc23)c2nn[nH]n2)CCCC1. The van der Waals surface area contributed by atoms with E-state index >= 15 is 0 Å². The average Bonchev–Trinajstić information content (AvgIpc) is 3.63. The number of nitrogens with zero attached hydrogens (tertiary/aromatic N) is 3. The predicted molar refractivity (Wildman–Crippen MR) is 139 cm³/mol. The molecule has 1 aliphatic rings. The van der Waals surface area contributed by atoms with E-state index in [2.05, 4.69) is 43.9 Å². The fraction of sp³-hybridized carbons (Fsp3) is 0.423. The maximum Gasteiger partial charge on any atom is 0.246 e. The molecular formula is C26H30N6O3S. The zero-order valence-electron chi connectivity index (χ0n) is 20.3. The Morgan fingerprint density at radius 3 is 2.58 bits per heavy atom. The zero-order valence-corrected chi connectivity index (χ0v) is 21.2. The first kappa shape index (κ1) is 24.3. The van der Waals surface area contributed by atoms with E-state index < -0.39 is 16.8 Å². The summed E-state index contributed by atoms with van der Waals surface area (Å²) in [4.78, 5) is 26.5. The van der Waals surface area contributed by atoms with Crippen LogP contribution in [0.2, 0.25) is 0 Å². The number of benzene rings is 2. The number of thiol groups is 1. The minimum absolute atomic E-state index is 0.0510. The van der Waals surface area contributed by atoms with Gasteiger partial charge in [-0.05, 0) is 36.5 Å². The average molecular weight is 507 g/mol. The quantitative estimate of drug-likeness (QED) is 0.269. The number of fused-ring (bicyclic) bond motifs is 3.